The Hall–Kier alpha value is -3.35. The second kappa shape index (κ2) is 10.3. The molecule has 0 aliphatic carbocycles. The molecule has 1 aliphatic rings. The van der Waals surface area contributed by atoms with E-state index in [0.29, 0.717) is 12.6 Å². The van der Waals surface area contributed by atoms with Gasteiger partial charge in [0.1, 0.15) is 12.4 Å². The normalized spacial score (nSPS) is 16.1. The molecule has 1 aromatic heterocycles. The van der Waals surface area contributed by atoms with Gasteiger partial charge in [-0.05, 0) is 44.4 Å². The van der Waals surface area contributed by atoms with Crippen LogP contribution in [0.25, 0.3) is 0 Å². The number of para-hydroxylation sites is 1. The molecule has 1 saturated heterocycles. The maximum absolute atomic E-state index is 4.86. The molecule has 32 heavy (non-hydrogen) atoms. The predicted octanol–water partition coefficient (Wildman–Crippen LogP) is 3.59. The van der Waals surface area contributed by atoms with Gasteiger partial charge in [0, 0.05) is 31.9 Å². The molecule has 0 saturated carbocycles. The minimum absolute atomic E-state index is 0.146. The van der Waals surface area contributed by atoms with E-state index in [4.69, 9.17) is 4.99 Å². The number of guanidine groups is 1. The van der Waals surface area contributed by atoms with Crippen LogP contribution in [0.15, 0.2) is 65.7 Å². The number of nitrogens with one attached hydrogen (secondary N) is 2. The van der Waals surface area contributed by atoms with E-state index in [9.17, 15) is 0 Å². The summed E-state index contributed by atoms with van der Waals surface area (Å²) in [5.41, 5.74) is 2.53. The van der Waals surface area contributed by atoms with Gasteiger partial charge in [0.05, 0.1) is 6.04 Å². The number of aliphatic imine (C=N–C) groups is 1. The van der Waals surface area contributed by atoms with Crippen molar-refractivity contribution < 1.29 is 0 Å². The lowest BCUT2D eigenvalue weighted by Crippen LogP contribution is -2.49. The third-order valence-electron chi connectivity index (χ3n) is 6.17. The third-order valence-corrected chi connectivity index (χ3v) is 6.17. The Morgan fingerprint density at radius 1 is 1.03 bits per heavy atom. The molecule has 7 heteroatoms. The van der Waals surface area contributed by atoms with Gasteiger partial charge < -0.3 is 20.1 Å². The molecule has 2 heterocycles. The first-order valence-electron chi connectivity index (χ1n) is 11.4. The van der Waals surface area contributed by atoms with Gasteiger partial charge in [-0.1, -0.05) is 48.5 Å². The molecule has 2 aromatic carbocycles. The molecule has 2 N–H and O–H groups in total. The summed E-state index contributed by atoms with van der Waals surface area (Å²) in [4.78, 5) is 7.32. The summed E-state index contributed by atoms with van der Waals surface area (Å²) in [6.07, 6.45) is 2.14. The smallest absolute Gasteiger partial charge is 0.192 e. The van der Waals surface area contributed by atoms with Crippen LogP contribution in [0.2, 0.25) is 0 Å². The van der Waals surface area contributed by atoms with Crippen LogP contribution in [0, 0.1) is 6.92 Å². The highest BCUT2D eigenvalue weighted by Gasteiger charge is 2.21. The van der Waals surface area contributed by atoms with Crippen molar-refractivity contribution in [3.8, 4) is 0 Å². The second-order valence-corrected chi connectivity index (χ2v) is 8.41. The van der Waals surface area contributed by atoms with Crippen molar-refractivity contribution in [1.29, 1.82) is 0 Å². The Balaban J connectivity index is 1.42. The molecule has 0 spiro atoms. The van der Waals surface area contributed by atoms with Gasteiger partial charge in [0.25, 0.3) is 0 Å². The Labute approximate surface area is 190 Å². The van der Waals surface area contributed by atoms with Gasteiger partial charge in [-0.2, -0.15) is 0 Å². The summed E-state index contributed by atoms with van der Waals surface area (Å²) in [5, 5.41) is 15.7. The number of aromatic nitrogens is 3. The first-order chi connectivity index (χ1) is 15.6. The van der Waals surface area contributed by atoms with Crippen LogP contribution < -0.4 is 15.5 Å². The zero-order chi connectivity index (χ0) is 22.3. The standard InChI is InChI=1S/C25H33N7/c1-19(21-10-6-4-7-11-21)27-25(26-18-24-30-29-20(2)31(24)3)28-22-14-16-32(17-15-22)23-12-8-5-9-13-23/h4-13,19,22H,14-18H2,1-3H3,(H2,26,27,28). The number of hydrogen-bond donors (Lipinski definition) is 2. The third kappa shape index (κ3) is 5.46. The molecule has 0 radical (unpaired) electrons. The van der Waals surface area contributed by atoms with E-state index in [-0.39, 0.29) is 6.04 Å². The fourth-order valence-corrected chi connectivity index (χ4v) is 4.02. The van der Waals surface area contributed by atoms with Crippen molar-refractivity contribution in [3.63, 3.8) is 0 Å². The number of piperidine rings is 1. The summed E-state index contributed by atoms with van der Waals surface area (Å²) in [5.74, 6) is 2.57. The molecule has 168 valence electrons. The van der Waals surface area contributed by atoms with E-state index in [1.54, 1.807) is 0 Å². The van der Waals surface area contributed by atoms with Crippen LogP contribution in [0.4, 0.5) is 5.69 Å². The summed E-state index contributed by atoms with van der Waals surface area (Å²) >= 11 is 0. The number of anilines is 1. The van der Waals surface area contributed by atoms with Crippen LogP contribution >= 0.6 is 0 Å². The van der Waals surface area contributed by atoms with Gasteiger partial charge in [-0.15, -0.1) is 10.2 Å². The summed E-state index contributed by atoms with van der Waals surface area (Å²) in [6, 6.07) is 21.6. The van der Waals surface area contributed by atoms with Crippen molar-refractivity contribution in [2.75, 3.05) is 18.0 Å². The lowest BCUT2D eigenvalue weighted by molar-refractivity contribution is 0.458. The second-order valence-electron chi connectivity index (χ2n) is 8.41. The van der Waals surface area contributed by atoms with Gasteiger partial charge in [0.15, 0.2) is 11.8 Å². The van der Waals surface area contributed by atoms with E-state index >= 15 is 0 Å². The SMILES string of the molecule is Cc1nnc(CN=C(NC2CCN(c3ccccc3)CC2)NC(C)c2ccccc2)n1C. The Morgan fingerprint density at radius 2 is 1.69 bits per heavy atom. The Bertz CT molecular complexity index is 1010. The molecule has 1 atom stereocenters. The van der Waals surface area contributed by atoms with Crippen LogP contribution in [-0.2, 0) is 13.6 Å². The van der Waals surface area contributed by atoms with E-state index in [2.05, 4.69) is 87.3 Å². The highest BCUT2D eigenvalue weighted by Crippen LogP contribution is 2.19. The summed E-state index contributed by atoms with van der Waals surface area (Å²) < 4.78 is 1.99. The molecule has 4 rings (SSSR count). The minimum Gasteiger partial charge on any atom is -0.371 e. The maximum Gasteiger partial charge on any atom is 0.192 e. The molecule has 1 unspecified atom stereocenters. The average molecular weight is 432 g/mol. The lowest BCUT2D eigenvalue weighted by atomic mass is 10.0. The Kier molecular flexibility index (Phi) is 7.04. The van der Waals surface area contributed by atoms with Gasteiger partial charge in [0.2, 0.25) is 0 Å². The number of nitrogens with zero attached hydrogens (tertiary/aromatic N) is 5. The van der Waals surface area contributed by atoms with Crippen molar-refractivity contribution in [2.24, 2.45) is 12.0 Å². The first-order valence-corrected chi connectivity index (χ1v) is 11.4. The van der Waals surface area contributed by atoms with Crippen molar-refractivity contribution in [3.05, 3.63) is 77.9 Å². The zero-order valence-corrected chi connectivity index (χ0v) is 19.2. The predicted molar refractivity (Wildman–Crippen MR) is 130 cm³/mol. The summed E-state index contributed by atoms with van der Waals surface area (Å²) in [6.45, 7) is 6.67. The van der Waals surface area contributed by atoms with Crippen molar-refractivity contribution >= 4 is 11.6 Å². The lowest BCUT2D eigenvalue weighted by Gasteiger charge is -2.35. The topological polar surface area (TPSA) is 70.4 Å². The molecular weight excluding hydrogens is 398 g/mol. The monoisotopic (exact) mass is 431 g/mol. The highest BCUT2D eigenvalue weighted by molar-refractivity contribution is 5.80. The van der Waals surface area contributed by atoms with E-state index in [1.807, 2.05) is 24.6 Å². The molecule has 7 nitrogen and oxygen atoms in total. The molecule has 3 aromatic rings. The number of rotatable bonds is 6. The van der Waals surface area contributed by atoms with Gasteiger partial charge in [-0.25, -0.2) is 4.99 Å². The van der Waals surface area contributed by atoms with Crippen molar-refractivity contribution in [1.82, 2.24) is 25.4 Å². The average Bonchev–Trinajstić information content (AvgIpc) is 3.16. The molecule has 0 amide bonds. The first kappa shape index (κ1) is 21.9. The molecular formula is C25H33N7. The number of hydrogen-bond acceptors (Lipinski definition) is 4. The van der Waals surface area contributed by atoms with Crippen LogP contribution in [0.3, 0.4) is 0 Å². The van der Waals surface area contributed by atoms with E-state index < -0.39 is 0 Å². The fourth-order valence-electron chi connectivity index (χ4n) is 4.02. The van der Waals surface area contributed by atoms with Gasteiger partial charge in [-0.3, -0.25) is 0 Å². The van der Waals surface area contributed by atoms with E-state index in [0.717, 1.165) is 43.5 Å². The highest BCUT2D eigenvalue weighted by atomic mass is 15.3. The number of benzene rings is 2. The minimum atomic E-state index is 0.146. The van der Waals surface area contributed by atoms with Crippen LogP contribution in [0.5, 0.6) is 0 Å². The molecule has 0 bridgehead atoms. The quantitative estimate of drug-likeness (QED) is 0.461. The van der Waals surface area contributed by atoms with Crippen LogP contribution in [-0.4, -0.2) is 39.9 Å². The fraction of sp³-hybridized carbons (Fsp3) is 0.400. The summed E-state index contributed by atoms with van der Waals surface area (Å²) in [7, 11) is 1.98. The largest absolute Gasteiger partial charge is 0.371 e. The molecule has 1 fully saturated rings. The maximum atomic E-state index is 4.86. The van der Waals surface area contributed by atoms with E-state index in [1.165, 1.54) is 11.3 Å². The van der Waals surface area contributed by atoms with Gasteiger partial charge >= 0.3 is 0 Å². The van der Waals surface area contributed by atoms with Crippen LogP contribution in [0.1, 0.15) is 43.0 Å². The molecule has 1 aliphatic heterocycles. The van der Waals surface area contributed by atoms with Crippen molar-refractivity contribution in [2.45, 2.75) is 45.3 Å². The Morgan fingerprint density at radius 3 is 2.31 bits per heavy atom. The number of aryl methyl sites for hydroxylation is 1. The zero-order valence-electron chi connectivity index (χ0n) is 19.2.